The molecule has 0 radical (unpaired) electrons. The van der Waals surface area contributed by atoms with Gasteiger partial charge in [-0.3, -0.25) is 4.79 Å². The van der Waals surface area contributed by atoms with Crippen molar-refractivity contribution in [2.24, 2.45) is 0 Å². The fraction of sp³-hybridized carbons (Fsp3) is 0. The predicted molar refractivity (Wildman–Crippen MR) is 76.5 cm³/mol. The van der Waals surface area contributed by atoms with E-state index in [9.17, 15) is 14.7 Å². The summed E-state index contributed by atoms with van der Waals surface area (Å²) in [5.74, 6) is -1.90. The molecule has 0 unspecified atom stereocenters. The molecule has 0 atom stereocenters. The van der Waals surface area contributed by atoms with Crippen LogP contribution in [0.25, 0.3) is 6.08 Å². The van der Waals surface area contributed by atoms with E-state index in [0.29, 0.717) is 5.56 Å². The molecule has 106 valence electrons. The summed E-state index contributed by atoms with van der Waals surface area (Å²) in [5, 5.41) is 27.8. The van der Waals surface area contributed by atoms with Gasteiger partial charge >= 0.3 is 5.97 Å². The predicted octanol–water partition coefficient (Wildman–Crippen LogP) is 2.69. The van der Waals surface area contributed by atoms with Gasteiger partial charge in [-0.2, -0.15) is 0 Å². The number of aromatic carboxylic acids is 1. The molecule has 0 spiro atoms. The van der Waals surface area contributed by atoms with E-state index in [2.05, 4.69) is 0 Å². The molecule has 0 aliphatic heterocycles. The van der Waals surface area contributed by atoms with Crippen LogP contribution in [0.1, 0.15) is 26.3 Å². The summed E-state index contributed by atoms with van der Waals surface area (Å²) in [7, 11) is 0. The lowest BCUT2D eigenvalue weighted by Crippen LogP contribution is -1.97. The number of carboxylic acids is 1. The van der Waals surface area contributed by atoms with Gasteiger partial charge in [0.05, 0.1) is 0 Å². The Morgan fingerprint density at radius 1 is 0.952 bits per heavy atom. The summed E-state index contributed by atoms with van der Waals surface area (Å²) < 4.78 is 0. The van der Waals surface area contributed by atoms with Crippen LogP contribution in [0.15, 0.2) is 48.5 Å². The van der Waals surface area contributed by atoms with Gasteiger partial charge in [-0.1, -0.05) is 12.1 Å². The molecule has 2 rings (SSSR count). The molecule has 0 aliphatic carbocycles. The van der Waals surface area contributed by atoms with Crippen molar-refractivity contribution in [1.29, 1.82) is 0 Å². The fourth-order valence-electron chi connectivity index (χ4n) is 1.76. The molecule has 0 saturated carbocycles. The van der Waals surface area contributed by atoms with Gasteiger partial charge in [-0.25, -0.2) is 4.79 Å². The van der Waals surface area contributed by atoms with Crippen LogP contribution in [-0.2, 0) is 0 Å². The van der Waals surface area contributed by atoms with Crippen LogP contribution in [0.5, 0.6) is 11.5 Å². The van der Waals surface area contributed by atoms with Crippen molar-refractivity contribution in [3.8, 4) is 11.5 Å². The average Bonchev–Trinajstić information content (AvgIpc) is 2.46. The number of para-hydroxylation sites is 1. The second-order valence-corrected chi connectivity index (χ2v) is 4.29. The van der Waals surface area contributed by atoms with Crippen LogP contribution >= 0.6 is 0 Å². The molecular formula is C16H12O5. The molecule has 2 aromatic carbocycles. The third kappa shape index (κ3) is 3.27. The SMILES string of the molecule is O=C(/C=C/c1cccc(C(=O)O)c1O)c1ccc(O)cc1. The summed E-state index contributed by atoms with van der Waals surface area (Å²) in [4.78, 5) is 22.8. The van der Waals surface area contributed by atoms with E-state index in [0.717, 1.165) is 0 Å². The first-order valence-corrected chi connectivity index (χ1v) is 6.06. The Bertz CT molecular complexity index is 714. The zero-order valence-corrected chi connectivity index (χ0v) is 10.9. The van der Waals surface area contributed by atoms with Gasteiger partial charge in [0, 0.05) is 11.1 Å². The molecule has 0 aromatic heterocycles. The van der Waals surface area contributed by atoms with Crippen LogP contribution in [0, 0.1) is 0 Å². The number of rotatable bonds is 4. The van der Waals surface area contributed by atoms with E-state index < -0.39 is 5.97 Å². The second kappa shape index (κ2) is 5.92. The van der Waals surface area contributed by atoms with E-state index in [1.165, 1.54) is 54.6 Å². The molecule has 0 aliphatic rings. The number of phenols is 2. The van der Waals surface area contributed by atoms with E-state index in [-0.39, 0.29) is 28.4 Å². The number of hydrogen-bond acceptors (Lipinski definition) is 4. The minimum Gasteiger partial charge on any atom is -0.508 e. The molecule has 0 saturated heterocycles. The number of carboxylic acid groups (broad SMARTS) is 1. The average molecular weight is 284 g/mol. The summed E-state index contributed by atoms with van der Waals surface area (Å²) in [6.45, 7) is 0. The van der Waals surface area contributed by atoms with Crippen molar-refractivity contribution in [2.75, 3.05) is 0 Å². The van der Waals surface area contributed by atoms with Crippen molar-refractivity contribution in [3.05, 3.63) is 65.2 Å². The van der Waals surface area contributed by atoms with Crippen molar-refractivity contribution in [3.63, 3.8) is 0 Å². The van der Waals surface area contributed by atoms with Crippen LogP contribution < -0.4 is 0 Å². The maximum absolute atomic E-state index is 11.9. The summed E-state index contributed by atoms with van der Waals surface area (Å²) >= 11 is 0. The zero-order chi connectivity index (χ0) is 15.4. The second-order valence-electron chi connectivity index (χ2n) is 4.29. The van der Waals surface area contributed by atoms with E-state index in [4.69, 9.17) is 10.2 Å². The smallest absolute Gasteiger partial charge is 0.339 e. The minimum absolute atomic E-state index is 0.0577. The highest BCUT2D eigenvalue weighted by atomic mass is 16.4. The van der Waals surface area contributed by atoms with Gasteiger partial charge in [0.15, 0.2) is 5.78 Å². The lowest BCUT2D eigenvalue weighted by molar-refractivity contribution is 0.0693. The fourth-order valence-corrected chi connectivity index (χ4v) is 1.76. The summed E-state index contributed by atoms with van der Waals surface area (Å²) in [6.07, 6.45) is 2.57. The van der Waals surface area contributed by atoms with E-state index in [1.807, 2.05) is 0 Å². The molecule has 0 bridgehead atoms. The van der Waals surface area contributed by atoms with Gasteiger partial charge in [0.25, 0.3) is 0 Å². The van der Waals surface area contributed by atoms with Gasteiger partial charge in [-0.05, 0) is 42.5 Å². The van der Waals surface area contributed by atoms with E-state index in [1.54, 1.807) is 0 Å². The normalized spacial score (nSPS) is 10.7. The number of carbonyl (C=O) groups is 2. The monoisotopic (exact) mass is 284 g/mol. The Morgan fingerprint density at radius 2 is 1.62 bits per heavy atom. The van der Waals surface area contributed by atoms with Gasteiger partial charge in [-0.15, -0.1) is 0 Å². The Labute approximate surface area is 120 Å². The molecule has 0 fully saturated rings. The van der Waals surface area contributed by atoms with Crippen molar-refractivity contribution in [1.82, 2.24) is 0 Å². The van der Waals surface area contributed by atoms with Gasteiger partial charge in [0.1, 0.15) is 17.1 Å². The lowest BCUT2D eigenvalue weighted by atomic mass is 10.1. The highest BCUT2D eigenvalue weighted by Crippen LogP contribution is 2.24. The zero-order valence-electron chi connectivity index (χ0n) is 10.9. The van der Waals surface area contributed by atoms with Crippen LogP contribution in [0.3, 0.4) is 0 Å². The number of carbonyl (C=O) groups excluding carboxylic acids is 1. The standard InChI is InChI=1S/C16H12O5/c17-12-7-4-10(5-8-12)14(18)9-6-11-2-1-3-13(15(11)19)16(20)21/h1-9,17,19H,(H,20,21)/b9-6+. The quantitative estimate of drug-likeness (QED) is 0.592. The molecule has 2 aromatic rings. The maximum Gasteiger partial charge on any atom is 0.339 e. The third-order valence-corrected chi connectivity index (χ3v) is 2.86. The number of allylic oxidation sites excluding steroid dienone is 1. The molecule has 21 heavy (non-hydrogen) atoms. The van der Waals surface area contributed by atoms with Gasteiger partial charge < -0.3 is 15.3 Å². The third-order valence-electron chi connectivity index (χ3n) is 2.86. The molecule has 0 amide bonds. The van der Waals surface area contributed by atoms with Gasteiger partial charge in [0.2, 0.25) is 0 Å². The van der Waals surface area contributed by atoms with Crippen molar-refractivity contribution in [2.45, 2.75) is 0 Å². The summed E-state index contributed by atoms with van der Waals surface area (Å²) in [6, 6.07) is 9.98. The Hall–Kier alpha value is -3.08. The Balaban J connectivity index is 2.25. The molecule has 3 N–H and O–H groups in total. The number of benzene rings is 2. The van der Waals surface area contributed by atoms with Crippen LogP contribution in [0.2, 0.25) is 0 Å². The number of hydrogen-bond donors (Lipinski definition) is 3. The van der Waals surface area contributed by atoms with E-state index >= 15 is 0 Å². The summed E-state index contributed by atoms with van der Waals surface area (Å²) in [5.41, 5.74) is 0.384. The number of aromatic hydroxyl groups is 2. The molecule has 5 heteroatoms. The van der Waals surface area contributed by atoms with Crippen molar-refractivity contribution < 1.29 is 24.9 Å². The highest BCUT2D eigenvalue weighted by molar-refractivity contribution is 6.07. The largest absolute Gasteiger partial charge is 0.508 e. The van der Waals surface area contributed by atoms with Crippen LogP contribution in [-0.4, -0.2) is 27.1 Å². The molecule has 0 heterocycles. The molecular weight excluding hydrogens is 272 g/mol. The Kier molecular flexibility index (Phi) is 4.04. The first-order valence-electron chi connectivity index (χ1n) is 6.06. The molecule has 5 nitrogen and oxygen atoms in total. The Morgan fingerprint density at radius 3 is 2.24 bits per heavy atom. The lowest BCUT2D eigenvalue weighted by Gasteiger charge is -2.02. The first kappa shape index (κ1) is 14.3. The number of phenolic OH excluding ortho intramolecular Hbond substituents is 1. The number of ketones is 1. The topological polar surface area (TPSA) is 94.8 Å². The maximum atomic E-state index is 11.9. The minimum atomic E-state index is -1.24. The van der Waals surface area contributed by atoms with Crippen molar-refractivity contribution >= 4 is 17.8 Å². The highest BCUT2D eigenvalue weighted by Gasteiger charge is 2.11. The van der Waals surface area contributed by atoms with Crippen LogP contribution in [0.4, 0.5) is 0 Å². The first-order chi connectivity index (χ1) is 9.99.